The minimum absolute atomic E-state index is 0.0904. The van der Waals surface area contributed by atoms with Gasteiger partial charge in [0, 0.05) is 25.4 Å². The molecule has 0 amide bonds. The summed E-state index contributed by atoms with van der Waals surface area (Å²) in [6.07, 6.45) is -0.210. The number of carbonyl (C=O) groups is 1. The number of aromatic nitrogens is 2. The number of benzene rings is 1. The molecule has 0 spiro atoms. The summed E-state index contributed by atoms with van der Waals surface area (Å²) in [7, 11) is 0. The molecule has 30 heavy (non-hydrogen) atoms. The molecule has 3 heterocycles. The van der Waals surface area contributed by atoms with E-state index in [9.17, 15) is 33.0 Å². The molecule has 12 heteroatoms. The summed E-state index contributed by atoms with van der Waals surface area (Å²) in [5.41, 5.74) is 1.94. The molecule has 1 saturated heterocycles. The molecule has 0 saturated carbocycles. The lowest BCUT2D eigenvalue weighted by Gasteiger charge is -2.38. The molecule has 156 valence electrons. The highest BCUT2D eigenvalue weighted by molar-refractivity contribution is 5.94. The number of aromatic carboxylic acids is 1. The van der Waals surface area contributed by atoms with E-state index in [1.54, 1.807) is 0 Å². The Morgan fingerprint density at radius 3 is 2.40 bits per heavy atom. The van der Waals surface area contributed by atoms with E-state index in [1.165, 1.54) is 0 Å². The van der Waals surface area contributed by atoms with Gasteiger partial charge in [0.05, 0.1) is 17.0 Å². The van der Waals surface area contributed by atoms with Crippen LogP contribution in [0.4, 0.5) is 29.1 Å². The number of aliphatic hydroxyl groups is 1. The van der Waals surface area contributed by atoms with Crippen LogP contribution in [0.5, 0.6) is 0 Å². The number of rotatable bonds is 3. The minimum atomic E-state index is -1.73. The number of anilines is 2. The Bertz CT molecular complexity index is 1290. The van der Waals surface area contributed by atoms with Gasteiger partial charge in [-0.15, -0.1) is 0 Å². The molecule has 4 rings (SSSR count). The van der Waals surface area contributed by atoms with E-state index in [2.05, 4.69) is 4.98 Å². The van der Waals surface area contributed by atoms with E-state index in [0.717, 1.165) is 4.90 Å². The molecule has 1 aromatic carbocycles. The van der Waals surface area contributed by atoms with E-state index >= 15 is 4.39 Å². The monoisotopic (exact) mass is 424 g/mol. The van der Waals surface area contributed by atoms with Crippen LogP contribution in [-0.4, -0.2) is 44.9 Å². The highest BCUT2D eigenvalue weighted by Crippen LogP contribution is 2.34. The Morgan fingerprint density at radius 2 is 1.80 bits per heavy atom. The number of aliphatic hydroxyl groups excluding tert-OH is 1. The van der Waals surface area contributed by atoms with Crippen LogP contribution in [0.1, 0.15) is 10.4 Å². The second kappa shape index (κ2) is 6.69. The van der Waals surface area contributed by atoms with E-state index in [0.29, 0.717) is 22.9 Å². The lowest BCUT2D eigenvalue weighted by atomic mass is 10.1. The Kier molecular flexibility index (Phi) is 4.38. The van der Waals surface area contributed by atoms with Gasteiger partial charge in [0.1, 0.15) is 17.1 Å². The standard InChI is InChI=1S/C18H12F4N4O4/c19-9-1-7-13(12(22)14(9)25-3-6(27)4-25)26(5-8(15(7)28)18(29)30)17-11(21)2-10(20)16(23)24-17/h1-2,5-6,27H,3-4H2,(H2,23,24)(H,29,30). The number of halogens is 4. The van der Waals surface area contributed by atoms with Crippen molar-refractivity contribution in [3.8, 4) is 5.82 Å². The van der Waals surface area contributed by atoms with Crippen LogP contribution in [-0.2, 0) is 0 Å². The molecule has 1 fully saturated rings. The Balaban J connectivity index is 2.14. The molecule has 2 aromatic heterocycles. The first-order chi connectivity index (χ1) is 14.1. The SMILES string of the molecule is Nc1nc(-n2cc(C(=O)O)c(=O)c3cc(F)c(N4CC(O)C4)c(F)c32)c(F)cc1F. The van der Waals surface area contributed by atoms with Gasteiger partial charge in [-0.05, 0) is 6.07 Å². The number of carboxylic acids is 1. The van der Waals surface area contributed by atoms with Gasteiger partial charge in [-0.25, -0.2) is 27.3 Å². The molecule has 0 bridgehead atoms. The average Bonchev–Trinajstić information content (AvgIpc) is 2.64. The number of carboxylic acid groups (broad SMARTS) is 1. The zero-order chi connectivity index (χ0) is 21.9. The molecule has 1 aliphatic rings. The van der Waals surface area contributed by atoms with Crippen LogP contribution < -0.4 is 16.1 Å². The first-order valence-electron chi connectivity index (χ1n) is 8.45. The topological polar surface area (TPSA) is 122 Å². The molecule has 4 N–H and O–H groups in total. The minimum Gasteiger partial charge on any atom is -0.477 e. The van der Waals surface area contributed by atoms with Crippen LogP contribution in [0.25, 0.3) is 16.7 Å². The van der Waals surface area contributed by atoms with Crippen LogP contribution in [0.3, 0.4) is 0 Å². The van der Waals surface area contributed by atoms with Crippen molar-refractivity contribution >= 4 is 28.4 Å². The molecular weight excluding hydrogens is 412 g/mol. The Hall–Kier alpha value is -3.67. The largest absolute Gasteiger partial charge is 0.477 e. The summed E-state index contributed by atoms with van der Waals surface area (Å²) >= 11 is 0. The van der Waals surface area contributed by atoms with Crippen molar-refractivity contribution in [3.63, 3.8) is 0 Å². The normalized spacial score (nSPS) is 14.2. The third-order valence-corrected chi connectivity index (χ3v) is 4.73. The summed E-state index contributed by atoms with van der Waals surface area (Å²) in [5, 5.41) is 18.0. The summed E-state index contributed by atoms with van der Waals surface area (Å²) < 4.78 is 58.5. The quantitative estimate of drug-likeness (QED) is 0.544. The molecule has 1 aliphatic heterocycles. The summed E-state index contributed by atoms with van der Waals surface area (Å²) in [6, 6.07) is 0.977. The van der Waals surface area contributed by atoms with Crippen molar-refractivity contribution in [2.75, 3.05) is 23.7 Å². The van der Waals surface area contributed by atoms with E-state index < -0.39 is 74.6 Å². The molecular formula is C18H12F4N4O4. The molecule has 0 unspecified atom stereocenters. The van der Waals surface area contributed by atoms with E-state index in [1.807, 2.05) is 0 Å². The maximum Gasteiger partial charge on any atom is 0.341 e. The van der Waals surface area contributed by atoms with Gasteiger partial charge in [0.25, 0.3) is 0 Å². The van der Waals surface area contributed by atoms with Crippen molar-refractivity contribution in [3.05, 3.63) is 57.4 Å². The third-order valence-electron chi connectivity index (χ3n) is 4.73. The van der Waals surface area contributed by atoms with Gasteiger partial charge >= 0.3 is 5.97 Å². The van der Waals surface area contributed by atoms with E-state index in [-0.39, 0.29) is 13.1 Å². The lowest BCUT2D eigenvalue weighted by Crippen LogP contribution is -2.51. The molecule has 8 nitrogen and oxygen atoms in total. The zero-order valence-corrected chi connectivity index (χ0v) is 14.9. The first-order valence-corrected chi connectivity index (χ1v) is 8.45. The number of pyridine rings is 2. The fourth-order valence-corrected chi connectivity index (χ4v) is 3.29. The van der Waals surface area contributed by atoms with E-state index in [4.69, 9.17) is 5.73 Å². The number of β-amino-alcohol motifs (C(OH)–C–C–N with tert-alkyl or cyclic N) is 1. The van der Waals surface area contributed by atoms with Crippen LogP contribution in [0.2, 0.25) is 0 Å². The highest BCUT2D eigenvalue weighted by atomic mass is 19.1. The van der Waals surface area contributed by atoms with Crippen molar-refractivity contribution in [2.24, 2.45) is 0 Å². The van der Waals surface area contributed by atoms with Crippen LogP contribution >= 0.6 is 0 Å². The molecule has 0 atom stereocenters. The van der Waals surface area contributed by atoms with Gasteiger partial charge in [-0.3, -0.25) is 9.36 Å². The van der Waals surface area contributed by atoms with Crippen LogP contribution in [0.15, 0.2) is 23.1 Å². The smallest absolute Gasteiger partial charge is 0.341 e. The molecule has 0 aliphatic carbocycles. The predicted molar refractivity (Wildman–Crippen MR) is 96.8 cm³/mol. The predicted octanol–water partition coefficient (Wildman–Crippen LogP) is 1.40. The highest BCUT2D eigenvalue weighted by Gasteiger charge is 2.32. The van der Waals surface area contributed by atoms with Crippen LogP contribution in [0, 0.1) is 23.3 Å². The second-order valence-electron chi connectivity index (χ2n) is 6.68. The molecule has 3 aromatic rings. The maximum atomic E-state index is 15.4. The third kappa shape index (κ3) is 2.84. The number of fused-ring (bicyclic) bond motifs is 1. The zero-order valence-electron chi connectivity index (χ0n) is 14.9. The molecule has 0 radical (unpaired) electrons. The fraction of sp³-hybridized carbons (Fsp3) is 0.167. The first kappa shape index (κ1) is 19.6. The van der Waals surface area contributed by atoms with Gasteiger partial charge < -0.3 is 20.8 Å². The summed E-state index contributed by atoms with van der Waals surface area (Å²) in [5.74, 6) is -8.30. The van der Waals surface area contributed by atoms with Crippen molar-refractivity contribution in [2.45, 2.75) is 6.10 Å². The number of hydrogen-bond acceptors (Lipinski definition) is 6. The van der Waals surface area contributed by atoms with Crippen molar-refractivity contribution < 1.29 is 32.6 Å². The summed E-state index contributed by atoms with van der Waals surface area (Å²) in [4.78, 5) is 28.6. The Labute approximate surface area is 164 Å². The number of nitrogens with zero attached hydrogens (tertiary/aromatic N) is 3. The van der Waals surface area contributed by atoms with Gasteiger partial charge in [0.15, 0.2) is 29.1 Å². The summed E-state index contributed by atoms with van der Waals surface area (Å²) in [6.45, 7) is -0.181. The van der Waals surface area contributed by atoms with Gasteiger partial charge in [-0.2, -0.15) is 0 Å². The second-order valence-corrected chi connectivity index (χ2v) is 6.68. The van der Waals surface area contributed by atoms with Gasteiger partial charge in [-0.1, -0.05) is 0 Å². The number of hydrogen-bond donors (Lipinski definition) is 3. The Morgan fingerprint density at radius 1 is 1.13 bits per heavy atom. The lowest BCUT2D eigenvalue weighted by molar-refractivity contribution is 0.0695. The van der Waals surface area contributed by atoms with Gasteiger partial charge in [0.2, 0.25) is 5.43 Å². The number of nitrogens with two attached hydrogens (primary N) is 1. The number of nitrogen functional groups attached to an aromatic ring is 1. The van der Waals surface area contributed by atoms with Crippen molar-refractivity contribution in [1.29, 1.82) is 0 Å². The maximum absolute atomic E-state index is 15.4. The average molecular weight is 424 g/mol. The van der Waals surface area contributed by atoms with Crippen molar-refractivity contribution in [1.82, 2.24) is 9.55 Å². The fourth-order valence-electron chi connectivity index (χ4n) is 3.29.